The number of aryl methyl sites for hydroxylation is 2. The summed E-state index contributed by atoms with van der Waals surface area (Å²) in [4.78, 5) is 0.624. The third-order valence-electron chi connectivity index (χ3n) is 3.55. The van der Waals surface area contributed by atoms with Gasteiger partial charge in [-0.05, 0) is 59.7 Å². The molecule has 0 aliphatic heterocycles. The summed E-state index contributed by atoms with van der Waals surface area (Å²) in [6.07, 6.45) is 0. The molecule has 0 amide bonds. The minimum atomic E-state index is -1.29. The molecule has 0 spiro atoms. The van der Waals surface area contributed by atoms with Crippen LogP contribution in [0.4, 0.5) is 0 Å². The van der Waals surface area contributed by atoms with E-state index in [-0.39, 0.29) is 11.5 Å². The van der Waals surface area contributed by atoms with Crippen molar-refractivity contribution in [3.05, 3.63) is 59.4 Å². The first-order valence-corrected chi connectivity index (χ1v) is 8.39. The van der Waals surface area contributed by atoms with Crippen molar-refractivity contribution in [1.29, 1.82) is 0 Å². The molecule has 1 N–H and O–H groups in total. The molecular formula is C16H16N4O2S. The van der Waals surface area contributed by atoms with Crippen molar-refractivity contribution in [2.24, 2.45) is 0 Å². The summed E-state index contributed by atoms with van der Waals surface area (Å²) >= 11 is 0. The number of phenolic OH excluding ortho intramolecular Hbond substituents is 1. The highest BCUT2D eigenvalue weighted by atomic mass is 32.2. The van der Waals surface area contributed by atoms with E-state index in [4.69, 9.17) is 0 Å². The van der Waals surface area contributed by atoms with Crippen molar-refractivity contribution >= 4 is 10.8 Å². The Morgan fingerprint density at radius 1 is 1.09 bits per heavy atom. The minimum absolute atomic E-state index is 0.145. The number of aromatic hydroxyl groups is 1. The van der Waals surface area contributed by atoms with Gasteiger partial charge in [-0.3, -0.25) is 4.21 Å². The van der Waals surface area contributed by atoms with Crippen molar-refractivity contribution < 1.29 is 9.32 Å². The van der Waals surface area contributed by atoms with E-state index in [1.54, 1.807) is 16.8 Å². The Morgan fingerprint density at radius 2 is 1.74 bits per heavy atom. The number of phenols is 1. The molecule has 118 valence electrons. The van der Waals surface area contributed by atoms with Crippen LogP contribution < -0.4 is 0 Å². The van der Waals surface area contributed by atoms with E-state index in [2.05, 4.69) is 15.5 Å². The average Bonchev–Trinajstić information content (AvgIpc) is 2.95. The zero-order valence-corrected chi connectivity index (χ0v) is 13.6. The van der Waals surface area contributed by atoms with Crippen LogP contribution in [0.1, 0.15) is 17.0 Å². The van der Waals surface area contributed by atoms with Gasteiger partial charge in [-0.1, -0.05) is 18.2 Å². The molecule has 1 heterocycles. The van der Waals surface area contributed by atoms with Gasteiger partial charge in [0.05, 0.1) is 22.2 Å². The SMILES string of the molecule is Cc1cccc(C)c1-n1nnnc1CS(=O)c1ccc(O)cc1. The van der Waals surface area contributed by atoms with Crippen molar-refractivity contribution in [3.8, 4) is 11.4 Å². The van der Waals surface area contributed by atoms with Gasteiger partial charge in [-0.15, -0.1) is 5.10 Å². The molecule has 0 saturated heterocycles. The summed E-state index contributed by atoms with van der Waals surface area (Å²) in [6, 6.07) is 12.3. The zero-order chi connectivity index (χ0) is 16.4. The topological polar surface area (TPSA) is 80.9 Å². The number of tetrazole rings is 1. The fourth-order valence-corrected chi connectivity index (χ4v) is 3.43. The van der Waals surface area contributed by atoms with Crippen LogP contribution in [-0.4, -0.2) is 29.5 Å². The van der Waals surface area contributed by atoms with Crippen molar-refractivity contribution in [2.75, 3.05) is 0 Å². The van der Waals surface area contributed by atoms with Gasteiger partial charge in [0.2, 0.25) is 0 Å². The summed E-state index contributed by atoms with van der Waals surface area (Å²) in [6.45, 7) is 3.98. The van der Waals surface area contributed by atoms with Crippen LogP contribution in [0, 0.1) is 13.8 Å². The normalized spacial score (nSPS) is 12.3. The van der Waals surface area contributed by atoms with Gasteiger partial charge < -0.3 is 5.11 Å². The second kappa shape index (κ2) is 6.29. The molecule has 6 nitrogen and oxygen atoms in total. The first-order valence-electron chi connectivity index (χ1n) is 7.07. The first-order chi connectivity index (χ1) is 11.1. The molecule has 0 bridgehead atoms. The predicted octanol–water partition coefficient (Wildman–Crippen LogP) is 2.29. The van der Waals surface area contributed by atoms with Crippen LogP contribution in [0.2, 0.25) is 0 Å². The van der Waals surface area contributed by atoms with E-state index in [0.717, 1.165) is 16.8 Å². The Morgan fingerprint density at radius 3 is 2.39 bits per heavy atom. The molecule has 0 saturated carbocycles. The van der Waals surface area contributed by atoms with Gasteiger partial charge in [0.15, 0.2) is 5.82 Å². The second-order valence-electron chi connectivity index (χ2n) is 5.23. The highest BCUT2D eigenvalue weighted by molar-refractivity contribution is 7.84. The number of rotatable bonds is 4. The average molecular weight is 328 g/mol. The maximum Gasteiger partial charge on any atom is 0.169 e. The first kappa shape index (κ1) is 15.4. The van der Waals surface area contributed by atoms with Gasteiger partial charge in [-0.2, -0.15) is 4.68 Å². The number of hydrogen-bond donors (Lipinski definition) is 1. The van der Waals surface area contributed by atoms with E-state index in [1.165, 1.54) is 12.1 Å². The number of benzene rings is 2. The fourth-order valence-electron chi connectivity index (χ4n) is 2.41. The fraction of sp³-hybridized carbons (Fsp3) is 0.188. The Balaban J connectivity index is 1.93. The molecule has 23 heavy (non-hydrogen) atoms. The maximum atomic E-state index is 12.5. The lowest BCUT2D eigenvalue weighted by Gasteiger charge is -2.10. The van der Waals surface area contributed by atoms with Crippen LogP contribution in [0.25, 0.3) is 5.69 Å². The third-order valence-corrected chi connectivity index (χ3v) is 4.86. The highest BCUT2D eigenvalue weighted by Gasteiger charge is 2.16. The molecule has 0 aliphatic rings. The van der Waals surface area contributed by atoms with Crippen LogP contribution in [0.15, 0.2) is 47.4 Å². The molecule has 2 aromatic carbocycles. The smallest absolute Gasteiger partial charge is 0.169 e. The summed E-state index contributed by atoms with van der Waals surface area (Å²) in [7, 11) is -1.29. The predicted molar refractivity (Wildman–Crippen MR) is 86.8 cm³/mol. The molecule has 1 aromatic heterocycles. The lowest BCUT2D eigenvalue weighted by atomic mass is 10.1. The Hall–Kier alpha value is -2.54. The van der Waals surface area contributed by atoms with Gasteiger partial charge in [0, 0.05) is 4.90 Å². The molecule has 1 atom stereocenters. The second-order valence-corrected chi connectivity index (χ2v) is 6.68. The summed E-state index contributed by atoms with van der Waals surface area (Å²) in [5, 5.41) is 21.1. The molecule has 0 radical (unpaired) electrons. The van der Waals surface area contributed by atoms with Gasteiger partial charge in [-0.25, -0.2) is 0 Å². The summed E-state index contributed by atoms with van der Waals surface area (Å²) in [5.41, 5.74) is 3.01. The number of nitrogens with zero attached hydrogens (tertiary/aromatic N) is 4. The van der Waals surface area contributed by atoms with Crippen LogP contribution >= 0.6 is 0 Å². The molecule has 0 aliphatic carbocycles. The molecule has 7 heteroatoms. The number of hydrogen-bond acceptors (Lipinski definition) is 5. The van der Waals surface area contributed by atoms with Gasteiger partial charge >= 0.3 is 0 Å². The minimum Gasteiger partial charge on any atom is -0.508 e. The lowest BCUT2D eigenvalue weighted by Crippen LogP contribution is -2.09. The number of para-hydroxylation sites is 1. The summed E-state index contributed by atoms with van der Waals surface area (Å²) in [5.74, 6) is 0.880. The Bertz CT molecular complexity index is 839. The monoisotopic (exact) mass is 328 g/mol. The van der Waals surface area contributed by atoms with Crippen LogP contribution in [-0.2, 0) is 16.6 Å². The number of aromatic nitrogens is 4. The highest BCUT2D eigenvalue weighted by Crippen LogP contribution is 2.20. The van der Waals surface area contributed by atoms with Crippen molar-refractivity contribution in [1.82, 2.24) is 20.2 Å². The van der Waals surface area contributed by atoms with E-state index >= 15 is 0 Å². The third kappa shape index (κ3) is 3.14. The van der Waals surface area contributed by atoms with E-state index in [9.17, 15) is 9.32 Å². The maximum absolute atomic E-state index is 12.5. The van der Waals surface area contributed by atoms with Gasteiger partial charge in [0.25, 0.3) is 0 Å². The van der Waals surface area contributed by atoms with Crippen molar-refractivity contribution in [2.45, 2.75) is 24.5 Å². The van der Waals surface area contributed by atoms with E-state index in [1.807, 2.05) is 32.0 Å². The standard InChI is InChI=1S/C16H16N4O2S/c1-11-4-3-5-12(2)16(11)20-15(17-18-19-20)10-23(22)14-8-6-13(21)7-9-14/h3-9,21H,10H2,1-2H3. The molecular weight excluding hydrogens is 312 g/mol. The lowest BCUT2D eigenvalue weighted by molar-refractivity contribution is 0.475. The molecule has 3 aromatic rings. The molecule has 1 unspecified atom stereocenters. The van der Waals surface area contributed by atoms with E-state index < -0.39 is 10.8 Å². The van der Waals surface area contributed by atoms with E-state index in [0.29, 0.717) is 10.7 Å². The van der Waals surface area contributed by atoms with Gasteiger partial charge in [0.1, 0.15) is 5.75 Å². The van der Waals surface area contributed by atoms with Crippen LogP contribution in [0.3, 0.4) is 0 Å². The molecule has 0 fully saturated rings. The Labute approximate surface area is 136 Å². The Kier molecular flexibility index (Phi) is 4.20. The zero-order valence-electron chi connectivity index (χ0n) is 12.8. The summed E-state index contributed by atoms with van der Waals surface area (Å²) < 4.78 is 14.1. The van der Waals surface area contributed by atoms with Crippen molar-refractivity contribution in [3.63, 3.8) is 0 Å². The largest absolute Gasteiger partial charge is 0.508 e. The quantitative estimate of drug-likeness (QED) is 0.795. The molecule has 3 rings (SSSR count). The van der Waals surface area contributed by atoms with Crippen LogP contribution in [0.5, 0.6) is 5.75 Å².